The molecule has 4 nitrogen and oxygen atoms in total. The minimum Gasteiger partial charge on any atom is -0.323 e. The van der Waals surface area contributed by atoms with E-state index < -0.39 is 46.2 Å². The molecule has 0 unspecified atom stereocenters. The number of carbonyl (C=O) groups excluding carboxylic acids is 2. The Morgan fingerprint density at radius 2 is 1.44 bits per heavy atom. The van der Waals surface area contributed by atoms with Crippen molar-refractivity contribution >= 4 is 23.2 Å². The van der Waals surface area contributed by atoms with Gasteiger partial charge in [-0.2, -0.15) is 0 Å². The van der Waals surface area contributed by atoms with Gasteiger partial charge in [-0.1, -0.05) is 6.07 Å². The van der Waals surface area contributed by atoms with E-state index in [0.717, 1.165) is 30.3 Å². The first-order chi connectivity index (χ1) is 11.8. The lowest BCUT2D eigenvalue weighted by molar-refractivity contribution is -0.131. The van der Waals surface area contributed by atoms with Gasteiger partial charge in [-0.25, -0.2) is 17.6 Å². The molecule has 25 heavy (non-hydrogen) atoms. The standard InChI is InChI=1S/C17H12F4N2O2/c18-9-4-5-13(12(21)8-9)22-15(24)17(6-7-17)16(25)23-14-10(19)2-1-3-11(14)20/h1-5,8H,6-7H2,(H,22,24)(H,23,25). The van der Waals surface area contributed by atoms with Gasteiger partial charge in [-0.05, 0) is 37.1 Å². The number of rotatable bonds is 4. The molecule has 0 aliphatic heterocycles. The van der Waals surface area contributed by atoms with Crippen LogP contribution in [-0.4, -0.2) is 11.8 Å². The number of para-hydroxylation sites is 1. The highest BCUT2D eigenvalue weighted by Crippen LogP contribution is 2.47. The maximum absolute atomic E-state index is 13.6. The molecule has 3 rings (SSSR count). The molecule has 0 aromatic heterocycles. The van der Waals surface area contributed by atoms with Crippen LogP contribution in [0.4, 0.5) is 28.9 Å². The number of anilines is 2. The molecule has 1 aliphatic rings. The van der Waals surface area contributed by atoms with E-state index in [1.54, 1.807) is 0 Å². The van der Waals surface area contributed by atoms with Crippen molar-refractivity contribution < 1.29 is 27.2 Å². The molecule has 2 amide bonds. The summed E-state index contributed by atoms with van der Waals surface area (Å²) < 4.78 is 53.7. The van der Waals surface area contributed by atoms with Crippen LogP contribution in [0.2, 0.25) is 0 Å². The lowest BCUT2D eigenvalue weighted by Crippen LogP contribution is -2.36. The van der Waals surface area contributed by atoms with E-state index in [0.29, 0.717) is 6.07 Å². The van der Waals surface area contributed by atoms with E-state index in [2.05, 4.69) is 10.6 Å². The van der Waals surface area contributed by atoms with E-state index in [1.807, 2.05) is 0 Å². The van der Waals surface area contributed by atoms with Gasteiger partial charge in [0.2, 0.25) is 11.8 Å². The van der Waals surface area contributed by atoms with Crippen LogP contribution in [0.25, 0.3) is 0 Å². The van der Waals surface area contributed by atoms with Gasteiger partial charge in [0, 0.05) is 6.07 Å². The fraction of sp³-hybridized carbons (Fsp3) is 0.176. The van der Waals surface area contributed by atoms with Crippen LogP contribution >= 0.6 is 0 Å². The molecule has 1 fully saturated rings. The van der Waals surface area contributed by atoms with E-state index in [-0.39, 0.29) is 18.5 Å². The maximum atomic E-state index is 13.6. The fourth-order valence-electron chi connectivity index (χ4n) is 2.37. The van der Waals surface area contributed by atoms with E-state index in [1.165, 1.54) is 0 Å². The molecule has 0 bridgehead atoms. The number of carbonyl (C=O) groups is 2. The Hall–Kier alpha value is -2.90. The third kappa shape index (κ3) is 3.19. The number of nitrogens with one attached hydrogen (secondary N) is 2. The van der Waals surface area contributed by atoms with E-state index in [4.69, 9.17) is 0 Å². The van der Waals surface area contributed by atoms with Crippen molar-refractivity contribution in [3.63, 3.8) is 0 Å². The van der Waals surface area contributed by atoms with E-state index >= 15 is 0 Å². The van der Waals surface area contributed by atoms with Gasteiger partial charge in [0.25, 0.3) is 0 Å². The van der Waals surface area contributed by atoms with Crippen molar-refractivity contribution in [2.75, 3.05) is 10.6 Å². The topological polar surface area (TPSA) is 58.2 Å². The third-order valence-corrected chi connectivity index (χ3v) is 4.00. The predicted molar refractivity (Wildman–Crippen MR) is 81.6 cm³/mol. The maximum Gasteiger partial charge on any atom is 0.240 e. The molecule has 8 heteroatoms. The predicted octanol–water partition coefficient (Wildman–Crippen LogP) is 3.60. The minimum absolute atomic E-state index is 0.142. The molecule has 0 radical (unpaired) electrons. The highest BCUT2D eigenvalue weighted by Gasteiger charge is 2.56. The van der Waals surface area contributed by atoms with Gasteiger partial charge < -0.3 is 10.6 Å². The van der Waals surface area contributed by atoms with Crippen molar-refractivity contribution in [2.24, 2.45) is 5.41 Å². The normalized spacial score (nSPS) is 14.7. The summed E-state index contributed by atoms with van der Waals surface area (Å²) in [5, 5.41) is 4.28. The molecule has 0 atom stereocenters. The van der Waals surface area contributed by atoms with Crippen molar-refractivity contribution in [2.45, 2.75) is 12.8 Å². The van der Waals surface area contributed by atoms with Crippen LogP contribution in [-0.2, 0) is 9.59 Å². The summed E-state index contributed by atoms with van der Waals surface area (Å²) in [4.78, 5) is 24.6. The molecule has 1 saturated carbocycles. The van der Waals surface area contributed by atoms with Gasteiger partial charge in [0.15, 0.2) is 0 Å². The molecule has 2 N–H and O–H groups in total. The van der Waals surface area contributed by atoms with Gasteiger partial charge in [-0.3, -0.25) is 9.59 Å². The Morgan fingerprint density at radius 3 is 2.00 bits per heavy atom. The van der Waals surface area contributed by atoms with Gasteiger partial charge >= 0.3 is 0 Å². The highest BCUT2D eigenvalue weighted by molar-refractivity contribution is 6.17. The first-order valence-corrected chi connectivity index (χ1v) is 7.35. The van der Waals surface area contributed by atoms with Crippen molar-refractivity contribution in [3.05, 3.63) is 59.7 Å². The summed E-state index contributed by atoms with van der Waals surface area (Å²) >= 11 is 0. The van der Waals surface area contributed by atoms with Crippen molar-refractivity contribution in [1.29, 1.82) is 0 Å². The van der Waals surface area contributed by atoms with Gasteiger partial charge in [0.05, 0.1) is 5.69 Å². The smallest absolute Gasteiger partial charge is 0.240 e. The third-order valence-electron chi connectivity index (χ3n) is 4.00. The second-order valence-electron chi connectivity index (χ2n) is 5.71. The lowest BCUT2D eigenvalue weighted by Gasteiger charge is -2.16. The zero-order chi connectivity index (χ0) is 18.2. The molecule has 2 aromatic carbocycles. The van der Waals surface area contributed by atoms with Gasteiger partial charge in [-0.15, -0.1) is 0 Å². The Bertz CT molecular complexity index is 845. The number of hydrogen-bond acceptors (Lipinski definition) is 2. The summed E-state index contributed by atoms with van der Waals surface area (Å²) in [7, 11) is 0. The Kier molecular flexibility index (Phi) is 4.20. The molecule has 0 spiro atoms. The lowest BCUT2D eigenvalue weighted by atomic mass is 10.0. The van der Waals surface area contributed by atoms with Crippen LogP contribution in [0, 0.1) is 28.7 Å². The SMILES string of the molecule is O=C(Nc1ccc(F)cc1F)C1(C(=O)Nc2c(F)cccc2F)CC1. The largest absolute Gasteiger partial charge is 0.323 e. The number of hydrogen-bond donors (Lipinski definition) is 2. The molecule has 1 aliphatic carbocycles. The Morgan fingerprint density at radius 1 is 0.840 bits per heavy atom. The Balaban J connectivity index is 1.77. The summed E-state index contributed by atoms with van der Waals surface area (Å²) in [6, 6.07) is 5.62. The molecule has 0 heterocycles. The van der Waals surface area contributed by atoms with Crippen LogP contribution in [0.3, 0.4) is 0 Å². The van der Waals surface area contributed by atoms with Crippen molar-refractivity contribution in [1.82, 2.24) is 0 Å². The highest BCUT2D eigenvalue weighted by atomic mass is 19.1. The molecule has 130 valence electrons. The van der Waals surface area contributed by atoms with Gasteiger partial charge in [0.1, 0.15) is 34.4 Å². The van der Waals surface area contributed by atoms with Crippen LogP contribution in [0.15, 0.2) is 36.4 Å². The first kappa shape index (κ1) is 16.9. The van der Waals surface area contributed by atoms with E-state index in [9.17, 15) is 27.2 Å². The van der Waals surface area contributed by atoms with Crippen LogP contribution < -0.4 is 10.6 Å². The molecule has 0 saturated heterocycles. The number of benzene rings is 2. The summed E-state index contributed by atoms with van der Waals surface area (Å²) in [5.74, 6) is -5.49. The summed E-state index contributed by atoms with van der Waals surface area (Å²) in [5.41, 5.74) is -2.49. The molecular formula is C17H12F4N2O2. The molecule has 2 aromatic rings. The second-order valence-corrected chi connectivity index (χ2v) is 5.71. The van der Waals surface area contributed by atoms with Crippen LogP contribution in [0.5, 0.6) is 0 Å². The number of halogens is 4. The zero-order valence-electron chi connectivity index (χ0n) is 12.7. The first-order valence-electron chi connectivity index (χ1n) is 7.35. The number of amides is 2. The summed E-state index contributed by atoms with van der Waals surface area (Å²) in [6.45, 7) is 0. The Labute approximate surface area is 139 Å². The summed E-state index contributed by atoms with van der Waals surface area (Å²) in [6.07, 6.45) is 0.285. The average molecular weight is 352 g/mol. The zero-order valence-corrected chi connectivity index (χ0v) is 12.7. The average Bonchev–Trinajstić information content (AvgIpc) is 3.35. The fourth-order valence-corrected chi connectivity index (χ4v) is 2.37. The monoisotopic (exact) mass is 352 g/mol. The second kappa shape index (κ2) is 6.19. The van der Waals surface area contributed by atoms with Crippen molar-refractivity contribution in [3.8, 4) is 0 Å². The minimum atomic E-state index is -1.55. The molecular weight excluding hydrogens is 340 g/mol. The quantitative estimate of drug-likeness (QED) is 0.653. The van der Waals surface area contributed by atoms with Crippen LogP contribution in [0.1, 0.15) is 12.8 Å².